The van der Waals surface area contributed by atoms with Crippen molar-refractivity contribution in [3.05, 3.63) is 81.8 Å². The van der Waals surface area contributed by atoms with Crippen LogP contribution in [0.3, 0.4) is 0 Å². The number of anilines is 1. The molecule has 1 N–H and O–H groups in total. The predicted octanol–water partition coefficient (Wildman–Crippen LogP) is 2.61. The van der Waals surface area contributed by atoms with Gasteiger partial charge >= 0.3 is 0 Å². The van der Waals surface area contributed by atoms with Crippen molar-refractivity contribution < 1.29 is 4.79 Å². The Labute approximate surface area is 144 Å². The van der Waals surface area contributed by atoms with Gasteiger partial charge in [0.25, 0.3) is 11.5 Å². The molecule has 124 valence electrons. The normalized spacial score (nSPS) is 10.3. The zero-order valence-corrected chi connectivity index (χ0v) is 13.9. The first-order valence-corrected chi connectivity index (χ1v) is 7.68. The summed E-state index contributed by atoms with van der Waals surface area (Å²) in [7, 11) is 1.76. The van der Waals surface area contributed by atoms with E-state index in [-0.39, 0.29) is 11.2 Å². The number of nitrogens with one attached hydrogen (secondary N) is 1. The van der Waals surface area contributed by atoms with Crippen molar-refractivity contribution in [3.63, 3.8) is 0 Å². The quantitative estimate of drug-likeness (QED) is 0.800. The van der Waals surface area contributed by atoms with Gasteiger partial charge in [-0.2, -0.15) is 5.26 Å². The number of nitriles is 1. The maximum atomic E-state index is 12.8. The zero-order valence-electron chi connectivity index (χ0n) is 13.9. The molecule has 25 heavy (non-hydrogen) atoms. The van der Waals surface area contributed by atoms with E-state index in [0.29, 0.717) is 16.8 Å². The zero-order chi connectivity index (χ0) is 18.0. The molecule has 2 aromatic carbocycles. The average Bonchev–Trinajstić information content (AvgIpc) is 2.86. The van der Waals surface area contributed by atoms with Crippen molar-refractivity contribution in [2.24, 2.45) is 7.05 Å². The number of benzene rings is 2. The number of nitrogens with zero attached hydrogens (tertiary/aromatic N) is 3. The minimum Gasteiger partial charge on any atom is -0.316 e. The van der Waals surface area contributed by atoms with Gasteiger partial charge in [0.2, 0.25) is 0 Å². The van der Waals surface area contributed by atoms with Crippen LogP contribution < -0.4 is 10.9 Å². The Morgan fingerprint density at radius 1 is 1.08 bits per heavy atom. The monoisotopic (exact) mass is 332 g/mol. The second-order valence-electron chi connectivity index (χ2n) is 5.58. The predicted molar refractivity (Wildman–Crippen MR) is 94.9 cm³/mol. The van der Waals surface area contributed by atoms with Gasteiger partial charge in [-0.25, -0.2) is 4.68 Å². The molecule has 0 unspecified atom stereocenters. The number of carbonyl (C=O) groups is 1. The average molecular weight is 332 g/mol. The summed E-state index contributed by atoms with van der Waals surface area (Å²) in [6, 6.07) is 17.5. The van der Waals surface area contributed by atoms with Crippen LogP contribution in [0.5, 0.6) is 0 Å². The molecule has 0 radical (unpaired) electrons. The molecule has 0 aliphatic heterocycles. The van der Waals surface area contributed by atoms with Crippen LogP contribution in [0, 0.1) is 18.3 Å². The first-order valence-electron chi connectivity index (χ1n) is 7.68. The summed E-state index contributed by atoms with van der Waals surface area (Å²) >= 11 is 0. The van der Waals surface area contributed by atoms with E-state index in [1.54, 1.807) is 42.9 Å². The molecular weight excluding hydrogens is 316 g/mol. The minimum atomic E-state index is -0.393. The Kier molecular flexibility index (Phi) is 4.23. The summed E-state index contributed by atoms with van der Waals surface area (Å²) in [5.74, 6) is -0.393. The Morgan fingerprint density at radius 2 is 1.72 bits per heavy atom. The lowest BCUT2D eigenvalue weighted by atomic mass is 10.1. The van der Waals surface area contributed by atoms with E-state index in [4.69, 9.17) is 5.26 Å². The summed E-state index contributed by atoms with van der Waals surface area (Å²) in [4.78, 5) is 25.2. The molecule has 6 heteroatoms. The molecule has 1 heterocycles. The van der Waals surface area contributed by atoms with Crippen molar-refractivity contribution in [1.82, 2.24) is 9.36 Å². The summed E-state index contributed by atoms with van der Waals surface area (Å²) in [6.45, 7) is 1.77. The third-order valence-corrected chi connectivity index (χ3v) is 4.07. The smallest absolute Gasteiger partial charge is 0.295 e. The van der Waals surface area contributed by atoms with E-state index < -0.39 is 5.91 Å². The molecule has 0 bridgehead atoms. The fourth-order valence-corrected chi connectivity index (χ4v) is 2.59. The largest absolute Gasteiger partial charge is 0.316 e. The molecule has 0 saturated carbocycles. The van der Waals surface area contributed by atoms with Gasteiger partial charge in [0.05, 0.1) is 23.0 Å². The molecule has 6 nitrogen and oxygen atoms in total. The van der Waals surface area contributed by atoms with Gasteiger partial charge in [-0.05, 0) is 43.3 Å². The lowest BCUT2D eigenvalue weighted by Gasteiger charge is -2.07. The molecule has 0 spiro atoms. The maximum absolute atomic E-state index is 12.8. The summed E-state index contributed by atoms with van der Waals surface area (Å²) in [5, 5.41) is 11.5. The van der Waals surface area contributed by atoms with Gasteiger partial charge in [0, 0.05) is 12.6 Å². The van der Waals surface area contributed by atoms with Gasteiger partial charge < -0.3 is 5.32 Å². The molecule has 3 aromatic rings. The third kappa shape index (κ3) is 2.95. The number of amides is 1. The molecule has 1 amide bonds. The Balaban J connectivity index is 1.97. The highest BCUT2D eigenvalue weighted by molar-refractivity contribution is 6.04. The summed E-state index contributed by atoms with van der Waals surface area (Å²) in [6.07, 6.45) is 0. The van der Waals surface area contributed by atoms with Crippen LogP contribution in [0.1, 0.15) is 21.6 Å². The lowest BCUT2D eigenvalue weighted by molar-refractivity contribution is 0.102. The second-order valence-corrected chi connectivity index (χ2v) is 5.58. The van der Waals surface area contributed by atoms with E-state index in [1.165, 1.54) is 4.68 Å². The van der Waals surface area contributed by atoms with E-state index in [1.807, 2.05) is 36.4 Å². The van der Waals surface area contributed by atoms with Crippen LogP contribution in [-0.2, 0) is 7.05 Å². The summed E-state index contributed by atoms with van der Waals surface area (Å²) < 4.78 is 3.20. The van der Waals surface area contributed by atoms with Gasteiger partial charge in [-0.15, -0.1) is 0 Å². The third-order valence-electron chi connectivity index (χ3n) is 4.07. The molecule has 0 aliphatic carbocycles. The number of aromatic nitrogens is 2. The molecular formula is C19H16N4O2. The van der Waals surface area contributed by atoms with Gasteiger partial charge in [-0.3, -0.25) is 14.3 Å². The highest BCUT2D eigenvalue weighted by Crippen LogP contribution is 2.15. The Hall–Kier alpha value is -3.59. The van der Waals surface area contributed by atoms with Crippen LogP contribution in [-0.4, -0.2) is 15.3 Å². The maximum Gasteiger partial charge on any atom is 0.295 e. The number of para-hydroxylation sites is 1. The fourth-order valence-electron chi connectivity index (χ4n) is 2.59. The SMILES string of the molecule is Cc1c(NC(=O)c2ccc(C#N)cc2)c(=O)n(-c2ccccc2)n1C. The van der Waals surface area contributed by atoms with Crippen molar-refractivity contribution in [3.8, 4) is 11.8 Å². The fraction of sp³-hybridized carbons (Fsp3) is 0.105. The van der Waals surface area contributed by atoms with E-state index in [2.05, 4.69) is 5.32 Å². The molecule has 3 rings (SSSR count). The highest BCUT2D eigenvalue weighted by Gasteiger charge is 2.18. The minimum absolute atomic E-state index is 0.237. The van der Waals surface area contributed by atoms with Crippen LogP contribution in [0.4, 0.5) is 5.69 Å². The van der Waals surface area contributed by atoms with Crippen molar-refractivity contribution in [1.29, 1.82) is 5.26 Å². The first-order chi connectivity index (χ1) is 12.0. The summed E-state index contributed by atoms with van der Waals surface area (Å²) in [5.41, 5.74) is 2.16. The molecule has 1 aromatic heterocycles. The first kappa shape index (κ1) is 16.3. The molecule has 0 aliphatic rings. The number of hydrogen-bond acceptors (Lipinski definition) is 3. The van der Waals surface area contributed by atoms with E-state index in [0.717, 1.165) is 5.69 Å². The van der Waals surface area contributed by atoms with Gasteiger partial charge in [0.15, 0.2) is 0 Å². The van der Waals surface area contributed by atoms with Crippen molar-refractivity contribution >= 4 is 11.6 Å². The van der Waals surface area contributed by atoms with Crippen LogP contribution >= 0.6 is 0 Å². The van der Waals surface area contributed by atoms with Crippen molar-refractivity contribution in [2.45, 2.75) is 6.92 Å². The molecule has 0 atom stereocenters. The topological polar surface area (TPSA) is 79.8 Å². The number of rotatable bonds is 3. The molecule has 0 saturated heterocycles. The second kappa shape index (κ2) is 6.49. The Morgan fingerprint density at radius 3 is 2.32 bits per heavy atom. The van der Waals surface area contributed by atoms with Crippen LogP contribution in [0.25, 0.3) is 5.69 Å². The van der Waals surface area contributed by atoms with Crippen molar-refractivity contribution in [2.75, 3.05) is 5.32 Å². The number of hydrogen-bond donors (Lipinski definition) is 1. The molecule has 0 fully saturated rings. The van der Waals surface area contributed by atoms with Crippen LogP contribution in [0.2, 0.25) is 0 Å². The van der Waals surface area contributed by atoms with Gasteiger partial charge in [0.1, 0.15) is 5.69 Å². The van der Waals surface area contributed by atoms with Gasteiger partial charge in [-0.1, -0.05) is 18.2 Å². The Bertz CT molecular complexity index is 1020. The van der Waals surface area contributed by atoms with E-state index >= 15 is 0 Å². The lowest BCUT2D eigenvalue weighted by Crippen LogP contribution is -2.22. The standard InChI is InChI=1S/C19H16N4O2/c1-13-17(21-18(24)15-10-8-14(12-20)9-11-15)19(25)23(22(13)2)16-6-4-3-5-7-16/h3-11H,1-2H3,(H,21,24). The van der Waals surface area contributed by atoms with Crippen LogP contribution in [0.15, 0.2) is 59.4 Å². The highest BCUT2D eigenvalue weighted by atomic mass is 16.2. The van der Waals surface area contributed by atoms with E-state index in [9.17, 15) is 9.59 Å². The number of carbonyl (C=O) groups excluding carboxylic acids is 1.